The van der Waals surface area contributed by atoms with Crippen molar-refractivity contribution in [1.82, 2.24) is 10.0 Å². The van der Waals surface area contributed by atoms with Gasteiger partial charge in [-0.2, -0.15) is 0 Å². The van der Waals surface area contributed by atoms with Crippen molar-refractivity contribution in [3.8, 4) is 0 Å². The van der Waals surface area contributed by atoms with Gasteiger partial charge in [-0.05, 0) is 55.9 Å². The number of carbonyl (C=O) groups is 1. The van der Waals surface area contributed by atoms with Crippen molar-refractivity contribution in [3.05, 3.63) is 29.8 Å². The molecular weight excluding hydrogens is 376 g/mol. The summed E-state index contributed by atoms with van der Waals surface area (Å²) in [6, 6.07) is 6.10. The number of nitrogens with one attached hydrogen (secondary N) is 2. The maximum Gasteiger partial charge on any atom is 0.251 e. The number of benzene rings is 1. The molecule has 2 fully saturated rings. The molecular formula is C21H32N2O4S. The average Bonchev–Trinajstić information content (AvgIpc) is 3.24. The first-order valence-electron chi connectivity index (χ1n) is 10.5. The molecule has 1 saturated heterocycles. The Labute approximate surface area is 168 Å². The third-order valence-corrected chi connectivity index (χ3v) is 7.19. The van der Waals surface area contributed by atoms with Crippen molar-refractivity contribution in [2.24, 2.45) is 5.92 Å². The van der Waals surface area contributed by atoms with Crippen LogP contribution in [0, 0.1) is 5.92 Å². The lowest BCUT2D eigenvalue weighted by Crippen LogP contribution is -2.32. The molecule has 28 heavy (non-hydrogen) atoms. The molecule has 1 aromatic rings. The number of amides is 1. The van der Waals surface area contributed by atoms with Crippen molar-refractivity contribution >= 4 is 15.9 Å². The molecule has 0 bridgehead atoms. The third-order valence-electron chi connectivity index (χ3n) is 5.75. The first-order chi connectivity index (χ1) is 13.5. The van der Waals surface area contributed by atoms with Crippen LogP contribution in [0.4, 0.5) is 0 Å². The van der Waals surface area contributed by atoms with Gasteiger partial charge in [-0.1, -0.05) is 32.1 Å². The van der Waals surface area contributed by atoms with Gasteiger partial charge in [0.15, 0.2) is 0 Å². The number of hydrogen-bond donors (Lipinski definition) is 2. The normalized spacial score (nSPS) is 20.9. The fourth-order valence-electron chi connectivity index (χ4n) is 4.05. The molecule has 1 atom stereocenters. The molecule has 3 rings (SSSR count). The van der Waals surface area contributed by atoms with Crippen molar-refractivity contribution in [2.45, 2.75) is 68.8 Å². The van der Waals surface area contributed by atoms with Gasteiger partial charge in [-0.25, -0.2) is 13.1 Å². The van der Waals surface area contributed by atoms with Gasteiger partial charge in [0.25, 0.3) is 5.91 Å². The Balaban J connectivity index is 1.42. The summed E-state index contributed by atoms with van der Waals surface area (Å²) < 4.78 is 32.8. The number of carbonyl (C=O) groups excluding carboxylic acids is 1. The van der Waals surface area contributed by atoms with Crippen LogP contribution in [0.1, 0.15) is 68.1 Å². The van der Waals surface area contributed by atoms with Crippen molar-refractivity contribution < 1.29 is 17.9 Å². The molecule has 7 heteroatoms. The Kier molecular flexibility index (Phi) is 7.88. The lowest BCUT2D eigenvalue weighted by molar-refractivity contribution is 0.0952. The second-order valence-electron chi connectivity index (χ2n) is 7.91. The first kappa shape index (κ1) is 21.3. The topological polar surface area (TPSA) is 84.5 Å². The summed E-state index contributed by atoms with van der Waals surface area (Å²) in [7, 11) is -3.59. The Morgan fingerprint density at radius 1 is 1.04 bits per heavy atom. The molecule has 1 aromatic carbocycles. The van der Waals surface area contributed by atoms with E-state index >= 15 is 0 Å². The van der Waals surface area contributed by atoms with E-state index in [0.717, 1.165) is 25.2 Å². The molecule has 0 aromatic heterocycles. The van der Waals surface area contributed by atoms with Crippen LogP contribution in [-0.2, 0) is 14.8 Å². The van der Waals surface area contributed by atoms with Crippen LogP contribution >= 0.6 is 0 Å². The zero-order chi connectivity index (χ0) is 19.8. The molecule has 1 unspecified atom stereocenters. The molecule has 6 nitrogen and oxygen atoms in total. The predicted octanol–water partition coefficient (Wildman–Crippen LogP) is 3.23. The van der Waals surface area contributed by atoms with E-state index in [9.17, 15) is 13.2 Å². The zero-order valence-corrected chi connectivity index (χ0v) is 17.3. The van der Waals surface area contributed by atoms with E-state index in [4.69, 9.17) is 4.74 Å². The third kappa shape index (κ3) is 6.29. The second kappa shape index (κ2) is 10.4. The largest absolute Gasteiger partial charge is 0.377 e. The summed E-state index contributed by atoms with van der Waals surface area (Å²) >= 11 is 0. The van der Waals surface area contributed by atoms with Gasteiger partial charge in [0.2, 0.25) is 10.0 Å². The van der Waals surface area contributed by atoms with E-state index in [1.54, 1.807) is 12.1 Å². The monoisotopic (exact) mass is 408 g/mol. The summed E-state index contributed by atoms with van der Waals surface area (Å²) in [6.45, 7) is 1.64. The smallest absolute Gasteiger partial charge is 0.251 e. The van der Waals surface area contributed by atoms with Crippen LogP contribution in [0.2, 0.25) is 0 Å². The van der Waals surface area contributed by atoms with Crippen LogP contribution in [0.5, 0.6) is 0 Å². The minimum atomic E-state index is -3.59. The molecule has 0 radical (unpaired) electrons. The van der Waals surface area contributed by atoms with E-state index in [-0.39, 0.29) is 23.5 Å². The highest BCUT2D eigenvalue weighted by Gasteiger charge is 2.20. The van der Waals surface area contributed by atoms with Crippen molar-refractivity contribution in [3.63, 3.8) is 0 Å². The van der Waals surface area contributed by atoms with Crippen molar-refractivity contribution in [1.29, 1.82) is 0 Å². The van der Waals surface area contributed by atoms with Crippen LogP contribution < -0.4 is 10.0 Å². The van der Waals surface area contributed by atoms with Gasteiger partial charge in [0.05, 0.1) is 11.0 Å². The predicted molar refractivity (Wildman–Crippen MR) is 109 cm³/mol. The number of sulfonamides is 1. The van der Waals surface area contributed by atoms with Gasteiger partial charge in [-0.15, -0.1) is 0 Å². The van der Waals surface area contributed by atoms with Crippen LogP contribution in [0.25, 0.3) is 0 Å². The molecule has 1 heterocycles. The molecule has 156 valence electrons. The lowest BCUT2D eigenvalue weighted by atomic mass is 9.86. The first-order valence-corrected chi connectivity index (χ1v) is 12.0. The summed E-state index contributed by atoms with van der Waals surface area (Å²) in [5.74, 6) is 0.664. The average molecular weight is 409 g/mol. The maximum atomic E-state index is 12.4. The summed E-state index contributed by atoms with van der Waals surface area (Å²) in [4.78, 5) is 12.4. The summed E-state index contributed by atoms with van der Waals surface area (Å²) in [5.41, 5.74) is 0.482. The van der Waals surface area contributed by atoms with Crippen LogP contribution in [0.15, 0.2) is 29.2 Å². The lowest BCUT2D eigenvalue weighted by Gasteiger charge is -2.21. The van der Waals surface area contributed by atoms with Gasteiger partial charge < -0.3 is 10.1 Å². The Hall–Kier alpha value is -1.44. The van der Waals surface area contributed by atoms with E-state index in [1.807, 2.05) is 0 Å². The summed E-state index contributed by atoms with van der Waals surface area (Å²) in [6.07, 6.45) is 10.7. The maximum absolute atomic E-state index is 12.4. The second-order valence-corrected chi connectivity index (χ2v) is 9.68. The fraction of sp³-hybridized carbons (Fsp3) is 0.667. The van der Waals surface area contributed by atoms with Gasteiger partial charge >= 0.3 is 0 Å². The minimum Gasteiger partial charge on any atom is -0.377 e. The van der Waals surface area contributed by atoms with Crippen LogP contribution in [0.3, 0.4) is 0 Å². The standard InChI is InChI=1S/C21H32N2O4S/c24-21(22-14-4-8-17-6-2-1-3-7-17)18-10-12-20(13-11-18)28(25,26)23-16-19-9-5-15-27-19/h10-13,17,19,23H,1-9,14-16H2,(H,22,24). The number of ether oxygens (including phenoxy) is 1. The van der Waals surface area contributed by atoms with E-state index in [0.29, 0.717) is 18.7 Å². The van der Waals surface area contributed by atoms with Gasteiger partial charge in [0, 0.05) is 25.3 Å². The Bertz CT molecular complexity index is 721. The SMILES string of the molecule is O=C(NCCCC1CCCCC1)c1ccc(S(=O)(=O)NCC2CCCO2)cc1. The quantitative estimate of drug-likeness (QED) is 0.615. The zero-order valence-electron chi connectivity index (χ0n) is 16.5. The Morgan fingerprint density at radius 2 is 1.79 bits per heavy atom. The number of rotatable bonds is 9. The molecule has 1 saturated carbocycles. The molecule has 2 N–H and O–H groups in total. The van der Waals surface area contributed by atoms with Gasteiger partial charge in [-0.3, -0.25) is 4.79 Å². The van der Waals surface area contributed by atoms with E-state index in [1.165, 1.54) is 50.7 Å². The molecule has 1 amide bonds. The summed E-state index contributed by atoms with van der Waals surface area (Å²) in [5, 5.41) is 2.94. The molecule has 1 aliphatic carbocycles. The Morgan fingerprint density at radius 3 is 2.46 bits per heavy atom. The van der Waals surface area contributed by atoms with E-state index in [2.05, 4.69) is 10.0 Å². The van der Waals surface area contributed by atoms with Crippen molar-refractivity contribution in [2.75, 3.05) is 19.7 Å². The number of hydrogen-bond acceptors (Lipinski definition) is 4. The molecule has 0 spiro atoms. The highest BCUT2D eigenvalue weighted by Crippen LogP contribution is 2.27. The molecule has 1 aliphatic heterocycles. The molecule has 2 aliphatic rings. The van der Waals surface area contributed by atoms with Gasteiger partial charge in [0.1, 0.15) is 0 Å². The highest BCUT2D eigenvalue weighted by atomic mass is 32.2. The minimum absolute atomic E-state index is 0.0477. The fourth-order valence-corrected chi connectivity index (χ4v) is 5.11. The highest BCUT2D eigenvalue weighted by molar-refractivity contribution is 7.89. The van der Waals surface area contributed by atoms with E-state index < -0.39 is 10.0 Å². The van der Waals surface area contributed by atoms with Crippen LogP contribution in [-0.4, -0.2) is 40.1 Å².